The summed E-state index contributed by atoms with van der Waals surface area (Å²) in [7, 11) is -3.45. The Hall–Kier alpha value is -1.38. The summed E-state index contributed by atoms with van der Waals surface area (Å²) in [5, 5.41) is 8.96. The monoisotopic (exact) mass is 264 g/mol. The standard InChI is InChI=1S/C13H16N2O2S/c1-10-3-5-13(6-4-10)18(16,17)15-8-11(2)12(7-14)9-15/h3-6,11-12H,8-9H2,1-2H3/t11-,12+/m0/s1. The van der Waals surface area contributed by atoms with E-state index in [0.717, 1.165) is 5.56 Å². The van der Waals surface area contributed by atoms with Crippen molar-refractivity contribution in [3.05, 3.63) is 29.8 Å². The maximum atomic E-state index is 12.4. The van der Waals surface area contributed by atoms with Crippen LogP contribution in [0.3, 0.4) is 0 Å². The van der Waals surface area contributed by atoms with Gasteiger partial charge < -0.3 is 0 Å². The third kappa shape index (κ3) is 2.26. The quantitative estimate of drug-likeness (QED) is 0.818. The van der Waals surface area contributed by atoms with Gasteiger partial charge in [-0.15, -0.1) is 0 Å². The summed E-state index contributed by atoms with van der Waals surface area (Å²) in [4.78, 5) is 0.305. The van der Waals surface area contributed by atoms with Crippen LogP contribution >= 0.6 is 0 Å². The van der Waals surface area contributed by atoms with Crippen molar-refractivity contribution in [2.75, 3.05) is 13.1 Å². The molecule has 0 N–H and O–H groups in total. The topological polar surface area (TPSA) is 61.2 Å². The molecule has 0 spiro atoms. The Morgan fingerprint density at radius 1 is 1.28 bits per heavy atom. The van der Waals surface area contributed by atoms with E-state index in [4.69, 9.17) is 5.26 Å². The van der Waals surface area contributed by atoms with E-state index in [9.17, 15) is 8.42 Å². The molecular weight excluding hydrogens is 248 g/mol. The second kappa shape index (κ2) is 4.71. The number of hydrogen-bond donors (Lipinski definition) is 0. The second-order valence-electron chi connectivity index (χ2n) is 4.85. The third-order valence-corrected chi connectivity index (χ3v) is 5.25. The Labute approximate surface area is 108 Å². The Morgan fingerprint density at radius 3 is 2.39 bits per heavy atom. The summed E-state index contributed by atoms with van der Waals surface area (Å²) < 4.78 is 26.2. The average Bonchev–Trinajstić information content (AvgIpc) is 2.72. The van der Waals surface area contributed by atoms with Gasteiger partial charge in [-0.2, -0.15) is 9.57 Å². The van der Waals surface area contributed by atoms with Crippen molar-refractivity contribution in [2.45, 2.75) is 18.7 Å². The number of hydrogen-bond acceptors (Lipinski definition) is 3. The van der Waals surface area contributed by atoms with E-state index in [1.807, 2.05) is 13.8 Å². The summed E-state index contributed by atoms with van der Waals surface area (Å²) in [6.45, 7) is 4.56. The predicted molar refractivity (Wildman–Crippen MR) is 68.2 cm³/mol. The van der Waals surface area contributed by atoms with E-state index in [1.165, 1.54) is 4.31 Å². The van der Waals surface area contributed by atoms with Gasteiger partial charge >= 0.3 is 0 Å². The number of sulfonamides is 1. The molecule has 1 aromatic rings. The van der Waals surface area contributed by atoms with Gasteiger partial charge in [0.2, 0.25) is 10.0 Å². The minimum atomic E-state index is -3.45. The molecule has 1 saturated heterocycles. The zero-order valence-electron chi connectivity index (χ0n) is 10.5. The zero-order valence-corrected chi connectivity index (χ0v) is 11.3. The maximum Gasteiger partial charge on any atom is 0.243 e. The minimum absolute atomic E-state index is 0.0928. The molecule has 1 aliphatic heterocycles. The van der Waals surface area contributed by atoms with Gasteiger partial charge in [0.15, 0.2) is 0 Å². The Kier molecular flexibility index (Phi) is 3.42. The van der Waals surface area contributed by atoms with Crippen LogP contribution in [-0.4, -0.2) is 25.8 Å². The molecule has 2 atom stereocenters. The molecule has 0 unspecified atom stereocenters. The largest absolute Gasteiger partial charge is 0.243 e. The zero-order chi connectivity index (χ0) is 13.3. The van der Waals surface area contributed by atoms with E-state index in [0.29, 0.717) is 18.0 Å². The first-order valence-corrected chi connectivity index (χ1v) is 7.35. The summed E-state index contributed by atoms with van der Waals surface area (Å²) in [5.74, 6) is -0.111. The van der Waals surface area contributed by atoms with Gasteiger partial charge in [-0.1, -0.05) is 24.6 Å². The van der Waals surface area contributed by atoms with E-state index >= 15 is 0 Å². The van der Waals surface area contributed by atoms with E-state index in [2.05, 4.69) is 6.07 Å². The molecule has 1 aromatic carbocycles. The van der Waals surface area contributed by atoms with Crippen molar-refractivity contribution in [1.82, 2.24) is 4.31 Å². The van der Waals surface area contributed by atoms with Crippen LogP contribution in [0.4, 0.5) is 0 Å². The fraction of sp³-hybridized carbons (Fsp3) is 0.462. The molecule has 0 saturated carbocycles. The molecular formula is C13H16N2O2S. The van der Waals surface area contributed by atoms with E-state index in [-0.39, 0.29) is 11.8 Å². The van der Waals surface area contributed by atoms with E-state index < -0.39 is 10.0 Å². The number of rotatable bonds is 2. The summed E-state index contributed by atoms with van der Waals surface area (Å²) in [6.07, 6.45) is 0. The van der Waals surface area contributed by atoms with Gasteiger partial charge in [-0.25, -0.2) is 8.42 Å². The lowest BCUT2D eigenvalue weighted by atomic mass is 10.0. The third-order valence-electron chi connectivity index (χ3n) is 3.40. The summed E-state index contributed by atoms with van der Waals surface area (Å²) in [6, 6.07) is 8.98. The van der Waals surface area contributed by atoms with Crippen molar-refractivity contribution in [3.63, 3.8) is 0 Å². The van der Waals surface area contributed by atoms with Crippen LogP contribution in [0.1, 0.15) is 12.5 Å². The summed E-state index contributed by atoms with van der Waals surface area (Å²) >= 11 is 0. The van der Waals surface area contributed by atoms with Gasteiger partial charge in [0.25, 0.3) is 0 Å². The van der Waals surface area contributed by atoms with Crippen molar-refractivity contribution in [2.24, 2.45) is 11.8 Å². The highest BCUT2D eigenvalue weighted by Crippen LogP contribution is 2.27. The predicted octanol–water partition coefficient (Wildman–Crippen LogP) is 1.78. The number of aryl methyl sites for hydroxylation is 1. The molecule has 0 amide bonds. The molecule has 1 aliphatic rings. The molecule has 96 valence electrons. The SMILES string of the molecule is Cc1ccc(S(=O)(=O)N2C[C@@H](C#N)[C@@H](C)C2)cc1. The molecule has 0 bridgehead atoms. The fourth-order valence-electron chi connectivity index (χ4n) is 2.15. The Morgan fingerprint density at radius 2 is 1.89 bits per heavy atom. The van der Waals surface area contributed by atoms with Crippen molar-refractivity contribution in [3.8, 4) is 6.07 Å². The first kappa shape index (κ1) is 13.1. The lowest BCUT2D eigenvalue weighted by Gasteiger charge is -2.15. The summed E-state index contributed by atoms with van der Waals surface area (Å²) in [5.41, 5.74) is 1.03. The highest BCUT2D eigenvalue weighted by Gasteiger charge is 2.37. The lowest BCUT2D eigenvalue weighted by Crippen LogP contribution is -2.29. The van der Waals surface area contributed by atoms with Crippen LogP contribution in [0, 0.1) is 30.1 Å². The first-order valence-electron chi connectivity index (χ1n) is 5.91. The molecule has 5 heteroatoms. The van der Waals surface area contributed by atoms with Gasteiger partial charge in [-0.05, 0) is 25.0 Å². The van der Waals surface area contributed by atoms with Crippen LogP contribution in [0.15, 0.2) is 29.2 Å². The molecule has 1 fully saturated rings. The smallest absolute Gasteiger partial charge is 0.207 e. The van der Waals surface area contributed by atoms with Crippen molar-refractivity contribution >= 4 is 10.0 Å². The van der Waals surface area contributed by atoms with Crippen LogP contribution in [0.2, 0.25) is 0 Å². The van der Waals surface area contributed by atoms with Crippen LogP contribution in [0.5, 0.6) is 0 Å². The highest BCUT2D eigenvalue weighted by atomic mass is 32.2. The number of benzene rings is 1. The second-order valence-corrected chi connectivity index (χ2v) is 6.79. The molecule has 4 nitrogen and oxygen atoms in total. The van der Waals surface area contributed by atoms with Crippen LogP contribution in [0.25, 0.3) is 0 Å². The van der Waals surface area contributed by atoms with Gasteiger partial charge in [0.05, 0.1) is 16.9 Å². The normalized spacial score (nSPS) is 24.9. The van der Waals surface area contributed by atoms with Crippen molar-refractivity contribution in [1.29, 1.82) is 5.26 Å². The molecule has 18 heavy (non-hydrogen) atoms. The van der Waals surface area contributed by atoms with Gasteiger partial charge in [-0.3, -0.25) is 0 Å². The number of nitrogens with zero attached hydrogens (tertiary/aromatic N) is 2. The average molecular weight is 264 g/mol. The molecule has 0 radical (unpaired) electrons. The molecule has 1 heterocycles. The lowest BCUT2D eigenvalue weighted by molar-refractivity contribution is 0.464. The van der Waals surface area contributed by atoms with Crippen LogP contribution < -0.4 is 0 Å². The fourth-order valence-corrected chi connectivity index (χ4v) is 3.71. The van der Waals surface area contributed by atoms with E-state index in [1.54, 1.807) is 24.3 Å². The minimum Gasteiger partial charge on any atom is -0.207 e. The molecule has 2 rings (SSSR count). The molecule has 0 aromatic heterocycles. The van der Waals surface area contributed by atoms with Crippen LogP contribution in [-0.2, 0) is 10.0 Å². The Balaban J connectivity index is 2.28. The maximum absolute atomic E-state index is 12.4. The molecule has 0 aliphatic carbocycles. The van der Waals surface area contributed by atoms with Crippen molar-refractivity contribution < 1.29 is 8.42 Å². The number of nitriles is 1. The van der Waals surface area contributed by atoms with Gasteiger partial charge in [0.1, 0.15) is 0 Å². The van der Waals surface area contributed by atoms with Gasteiger partial charge in [0, 0.05) is 13.1 Å². The Bertz CT molecular complexity index is 572. The highest BCUT2D eigenvalue weighted by molar-refractivity contribution is 7.89. The first-order chi connectivity index (χ1) is 8.45.